The van der Waals surface area contributed by atoms with Crippen molar-refractivity contribution in [3.8, 4) is 11.3 Å². The predicted octanol–water partition coefficient (Wildman–Crippen LogP) is 4.21. The molecular weight excluding hydrogens is 340 g/mol. The van der Waals surface area contributed by atoms with Crippen LogP contribution in [0.2, 0.25) is 0 Å². The summed E-state index contributed by atoms with van der Waals surface area (Å²) in [6, 6.07) is 10.9. The molecule has 5 heteroatoms. The number of hydrogen-bond donors (Lipinski definition) is 2. The average Bonchev–Trinajstić information content (AvgIpc) is 2.64. The van der Waals surface area contributed by atoms with Crippen molar-refractivity contribution >= 4 is 11.9 Å². The summed E-state index contributed by atoms with van der Waals surface area (Å²) in [7, 11) is 0. The maximum atomic E-state index is 13.0. The number of aromatic nitrogens is 1. The van der Waals surface area contributed by atoms with E-state index in [4.69, 9.17) is 0 Å². The van der Waals surface area contributed by atoms with E-state index in [1.54, 1.807) is 12.3 Å². The third kappa shape index (κ3) is 4.54. The number of carboxylic acids is 1. The molecule has 27 heavy (non-hydrogen) atoms. The van der Waals surface area contributed by atoms with E-state index in [0.29, 0.717) is 18.4 Å². The molecule has 2 N–H and O–H groups in total. The van der Waals surface area contributed by atoms with Gasteiger partial charge in [0.05, 0.1) is 11.6 Å². The van der Waals surface area contributed by atoms with Gasteiger partial charge in [0.15, 0.2) is 0 Å². The molecule has 1 aromatic carbocycles. The first-order valence-electron chi connectivity index (χ1n) is 9.62. The molecular formula is C22H26N2O3. The molecule has 1 amide bonds. The molecule has 1 fully saturated rings. The van der Waals surface area contributed by atoms with Crippen molar-refractivity contribution in [2.75, 3.05) is 0 Å². The molecule has 2 unspecified atom stereocenters. The minimum Gasteiger partial charge on any atom is -0.481 e. The van der Waals surface area contributed by atoms with Crippen molar-refractivity contribution in [3.63, 3.8) is 0 Å². The second kappa shape index (κ2) is 8.80. The minimum absolute atomic E-state index is 0.206. The molecule has 0 spiro atoms. The standard InChI is InChI=1S/C22H26N2O3/c1-15-16(19-12-6-7-14-23-19)10-8-11-17(15)21(25)24-20-13-5-3-2-4-9-18(20)22(26)27/h6-8,10-12,14,18,20H,2-5,9,13H2,1H3,(H,24,25)(H,26,27). The van der Waals surface area contributed by atoms with Crippen LogP contribution in [0, 0.1) is 12.8 Å². The third-order valence-electron chi connectivity index (χ3n) is 5.42. The molecule has 2 atom stereocenters. The van der Waals surface area contributed by atoms with E-state index in [0.717, 1.165) is 42.5 Å². The van der Waals surface area contributed by atoms with Crippen LogP contribution < -0.4 is 5.32 Å². The summed E-state index contributed by atoms with van der Waals surface area (Å²) in [4.78, 5) is 29.0. The Hall–Kier alpha value is -2.69. The summed E-state index contributed by atoms with van der Waals surface area (Å²) in [5, 5.41) is 12.6. The van der Waals surface area contributed by atoms with Crippen LogP contribution in [0.3, 0.4) is 0 Å². The Balaban J connectivity index is 1.84. The number of pyridine rings is 1. The zero-order valence-electron chi connectivity index (χ0n) is 15.6. The number of amides is 1. The number of aliphatic carboxylic acids is 1. The maximum absolute atomic E-state index is 13.0. The summed E-state index contributed by atoms with van der Waals surface area (Å²) < 4.78 is 0. The van der Waals surface area contributed by atoms with Crippen LogP contribution in [0.25, 0.3) is 11.3 Å². The molecule has 5 nitrogen and oxygen atoms in total. The van der Waals surface area contributed by atoms with E-state index in [1.807, 2.05) is 37.3 Å². The SMILES string of the molecule is Cc1c(C(=O)NC2CCCCCCC2C(=O)O)cccc1-c1ccccn1. The summed E-state index contributed by atoms with van der Waals surface area (Å²) in [5.74, 6) is -1.54. The van der Waals surface area contributed by atoms with Gasteiger partial charge in [-0.3, -0.25) is 14.6 Å². The van der Waals surface area contributed by atoms with Crippen LogP contribution in [-0.4, -0.2) is 28.0 Å². The van der Waals surface area contributed by atoms with Gasteiger partial charge in [-0.1, -0.05) is 43.9 Å². The number of carboxylic acid groups (broad SMARTS) is 1. The Morgan fingerprint density at radius 2 is 1.81 bits per heavy atom. The average molecular weight is 366 g/mol. The Kier molecular flexibility index (Phi) is 6.22. The highest BCUT2D eigenvalue weighted by Crippen LogP contribution is 2.26. The quantitative estimate of drug-likeness (QED) is 0.849. The Morgan fingerprint density at radius 3 is 2.52 bits per heavy atom. The lowest BCUT2D eigenvalue weighted by Crippen LogP contribution is -2.44. The van der Waals surface area contributed by atoms with Crippen LogP contribution in [0.15, 0.2) is 42.6 Å². The third-order valence-corrected chi connectivity index (χ3v) is 5.42. The van der Waals surface area contributed by atoms with Gasteiger partial charge in [-0.2, -0.15) is 0 Å². The number of nitrogens with one attached hydrogen (secondary N) is 1. The monoisotopic (exact) mass is 366 g/mol. The molecule has 0 aliphatic heterocycles. The van der Waals surface area contributed by atoms with Crippen molar-refractivity contribution in [1.82, 2.24) is 10.3 Å². The first-order valence-corrected chi connectivity index (χ1v) is 9.62. The molecule has 142 valence electrons. The number of carbonyl (C=O) groups is 2. The molecule has 3 rings (SSSR count). The van der Waals surface area contributed by atoms with E-state index in [9.17, 15) is 14.7 Å². The van der Waals surface area contributed by atoms with Gasteiger partial charge in [0.25, 0.3) is 5.91 Å². The van der Waals surface area contributed by atoms with Gasteiger partial charge >= 0.3 is 5.97 Å². The number of nitrogens with zero attached hydrogens (tertiary/aromatic N) is 1. The van der Waals surface area contributed by atoms with Crippen molar-refractivity contribution in [2.24, 2.45) is 5.92 Å². The first kappa shape index (κ1) is 19.1. The fourth-order valence-electron chi connectivity index (χ4n) is 3.88. The highest BCUT2D eigenvalue weighted by atomic mass is 16.4. The fraction of sp³-hybridized carbons (Fsp3) is 0.409. The first-order chi connectivity index (χ1) is 13.1. The normalized spacial score (nSPS) is 20.3. The van der Waals surface area contributed by atoms with Gasteiger partial charge in [0, 0.05) is 23.4 Å². The summed E-state index contributed by atoms with van der Waals surface area (Å²) in [5.41, 5.74) is 3.16. The van der Waals surface area contributed by atoms with Gasteiger partial charge in [0.1, 0.15) is 0 Å². The van der Waals surface area contributed by atoms with E-state index in [1.165, 1.54) is 0 Å². The van der Waals surface area contributed by atoms with Crippen LogP contribution in [-0.2, 0) is 4.79 Å². The molecule has 0 saturated heterocycles. The van der Waals surface area contributed by atoms with Gasteiger partial charge in [-0.25, -0.2) is 0 Å². The lowest BCUT2D eigenvalue weighted by atomic mass is 9.86. The zero-order valence-corrected chi connectivity index (χ0v) is 15.6. The number of rotatable bonds is 4. The van der Waals surface area contributed by atoms with E-state index in [2.05, 4.69) is 10.3 Å². The molecule has 1 saturated carbocycles. The second-order valence-corrected chi connectivity index (χ2v) is 7.21. The van der Waals surface area contributed by atoms with Crippen LogP contribution in [0.4, 0.5) is 0 Å². The molecule has 0 radical (unpaired) electrons. The predicted molar refractivity (Wildman–Crippen MR) is 104 cm³/mol. The Labute approximate surface area is 159 Å². The molecule has 1 aliphatic rings. The van der Waals surface area contributed by atoms with Crippen LogP contribution in [0.5, 0.6) is 0 Å². The highest BCUT2D eigenvalue weighted by Gasteiger charge is 2.30. The van der Waals surface area contributed by atoms with Crippen molar-refractivity contribution in [1.29, 1.82) is 0 Å². The van der Waals surface area contributed by atoms with Crippen molar-refractivity contribution in [3.05, 3.63) is 53.7 Å². The highest BCUT2D eigenvalue weighted by molar-refractivity contribution is 5.97. The molecule has 2 aromatic rings. The van der Waals surface area contributed by atoms with E-state index in [-0.39, 0.29) is 11.9 Å². The minimum atomic E-state index is -0.818. The molecule has 1 aromatic heterocycles. The smallest absolute Gasteiger partial charge is 0.308 e. The Morgan fingerprint density at radius 1 is 1.04 bits per heavy atom. The van der Waals surface area contributed by atoms with Crippen LogP contribution >= 0.6 is 0 Å². The largest absolute Gasteiger partial charge is 0.481 e. The summed E-state index contributed by atoms with van der Waals surface area (Å²) in [6.45, 7) is 1.91. The summed E-state index contributed by atoms with van der Waals surface area (Å²) >= 11 is 0. The maximum Gasteiger partial charge on any atom is 0.308 e. The lowest BCUT2D eigenvalue weighted by molar-refractivity contribution is -0.143. The van der Waals surface area contributed by atoms with Crippen molar-refractivity contribution in [2.45, 2.75) is 51.5 Å². The van der Waals surface area contributed by atoms with Gasteiger partial charge in [0.2, 0.25) is 0 Å². The Bertz CT molecular complexity index is 804. The molecule has 0 bridgehead atoms. The van der Waals surface area contributed by atoms with E-state index < -0.39 is 11.9 Å². The number of hydrogen-bond acceptors (Lipinski definition) is 3. The van der Waals surface area contributed by atoms with Crippen molar-refractivity contribution < 1.29 is 14.7 Å². The van der Waals surface area contributed by atoms with Gasteiger partial charge < -0.3 is 10.4 Å². The van der Waals surface area contributed by atoms with Gasteiger partial charge in [-0.15, -0.1) is 0 Å². The summed E-state index contributed by atoms with van der Waals surface area (Å²) in [6.07, 6.45) is 7.06. The lowest BCUT2D eigenvalue weighted by Gasteiger charge is -2.27. The zero-order chi connectivity index (χ0) is 19.2. The number of benzene rings is 1. The van der Waals surface area contributed by atoms with E-state index >= 15 is 0 Å². The number of carbonyl (C=O) groups excluding carboxylic acids is 1. The van der Waals surface area contributed by atoms with Crippen LogP contribution in [0.1, 0.15) is 54.4 Å². The molecule has 1 aliphatic carbocycles. The molecule has 1 heterocycles. The topological polar surface area (TPSA) is 79.3 Å². The fourth-order valence-corrected chi connectivity index (χ4v) is 3.88. The van der Waals surface area contributed by atoms with Gasteiger partial charge in [-0.05, 0) is 43.5 Å². The second-order valence-electron chi connectivity index (χ2n) is 7.21.